The number of aromatic nitrogens is 1. The largest absolute Gasteiger partial charge is 0.497 e. The number of esters is 1. The number of nitrogens with one attached hydrogen (secondary N) is 1. The molecule has 0 radical (unpaired) electrons. The fourth-order valence-corrected chi connectivity index (χ4v) is 3.78. The molecule has 1 aliphatic rings. The van der Waals surface area contributed by atoms with E-state index in [1.54, 1.807) is 45.3 Å². The molecule has 1 fully saturated rings. The molecule has 0 saturated carbocycles. The van der Waals surface area contributed by atoms with Gasteiger partial charge in [-0.05, 0) is 31.2 Å². The molecule has 1 aromatic heterocycles. The minimum atomic E-state index is -0.498. The lowest BCUT2D eigenvalue weighted by Crippen LogP contribution is -2.25. The van der Waals surface area contributed by atoms with Crippen LogP contribution in [0.15, 0.2) is 24.3 Å². The fourth-order valence-electron chi connectivity index (χ4n) is 2.90. The van der Waals surface area contributed by atoms with Gasteiger partial charge in [0.1, 0.15) is 10.6 Å². The van der Waals surface area contributed by atoms with Crippen LogP contribution < -0.4 is 10.1 Å². The minimum absolute atomic E-state index is 0.0644. The van der Waals surface area contributed by atoms with Crippen LogP contribution in [0.2, 0.25) is 0 Å². The second-order valence-electron chi connectivity index (χ2n) is 6.31. The highest BCUT2D eigenvalue weighted by atomic mass is 32.1. The van der Waals surface area contributed by atoms with Gasteiger partial charge in [0, 0.05) is 25.6 Å². The molecular formula is C19H21N3O5S. The van der Waals surface area contributed by atoms with E-state index in [2.05, 4.69) is 10.3 Å². The molecule has 0 unspecified atom stereocenters. The number of hydrogen-bond donors (Lipinski definition) is 1. The molecule has 0 bridgehead atoms. The molecule has 9 heteroatoms. The molecule has 0 spiro atoms. The number of methoxy groups -OCH3 is 1. The average molecular weight is 403 g/mol. The van der Waals surface area contributed by atoms with Gasteiger partial charge in [-0.2, -0.15) is 0 Å². The molecule has 1 atom stereocenters. The number of thiazole rings is 1. The van der Waals surface area contributed by atoms with Crippen LogP contribution in [0.3, 0.4) is 0 Å². The van der Waals surface area contributed by atoms with Crippen LogP contribution in [0.4, 0.5) is 5.13 Å². The van der Waals surface area contributed by atoms with E-state index in [1.165, 1.54) is 4.90 Å². The number of rotatable bonds is 6. The van der Waals surface area contributed by atoms with Gasteiger partial charge < -0.3 is 19.7 Å². The zero-order valence-corrected chi connectivity index (χ0v) is 16.7. The predicted octanol–water partition coefficient (Wildman–Crippen LogP) is 2.41. The standard InChI is InChI=1S/C19H21N3O5S/c1-4-27-18(25)16-15(11-5-7-13(26-3)8-6-11)20-19(28-16)21-17(24)12-9-14(23)22(2)10-12/h5-8,12H,4,9-10H2,1-3H3,(H,20,21,24)/t12-/m0/s1. The van der Waals surface area contributed by atoms with Crippen LogP contribution >= 0.6 is 11.3 Å². The van der Waals surface area contributed by atoms with Gasteiger partial charge >= 0.3 is 5.97 Å². The summed E-state index contributed by atoms with van der Waals surface area (Å²) in [6.45, 7) is 2.32. The summed E-state index contributed by atoms with van der Waals surface area (Å²) in [5.74, 6) is -0.604. The Kier molecular flexibility index (Phi) is 5.93. The minimum Gasteiger partial charge on any atom is -0.497 e. The Labute approximate surface area is 166 Å². The third-order valence-electron chi connectivity index (χ3n) is 4.39. The summed E-state index contributed by atoms with van der Waals surface area (Å²) in [5.41, 5.74) is 1.14. The first-order valence-corrected chi connectivity index (χ1v) is 9.61. The SMILES string of the molecule is CCOC(=O)c1sc(NC(=O)[C@H]2CC(=O)N(C)C2)nc1-c1ccc(OC)cc1. The van der Waals surface area contributed by atoms with E-state index in [9.17, 15) is 14.4 Å². The van der Waals surface area contributed by atoms with Crippen LogP contribution in [0, 0.1) is 5.92 Å². The monoisotopic (exact) mass is 403 g/mol. The van der Waals surface area contributed by atoms with Gasteiger partial charge in [0.15, 0.2) is 5.13 Å². The van der Waals surface area contributed by atoms with Crippen molar-refractivity contribution in [2.24, 2.45) is 5.92 Å². The van der Waals surface area contributed by atoms with Crippen LogP contribution in [0.5, 0.6) is 5.75 Å². The Morgan fingerprint density at radius 1 is 1.32 bits per heavy atom. The Bertz CT molecular complexity index is 893. The van der Waals surface area contributed by atoms with Crippen molar-refractivity contribution in [2.45, 2.75) is 13.3 Å². The molecule has 8 nitrogen and oxygen atoms in total. The number of anilines is 1. The highest BCUT2D eigenvalue weighted by Crippen LogP contribution is 2.33. The number of ether oxygens (including phenoxy) is 2. The van der Waals surface area contributed by atoms with Crippen molar-refractivity contribution in [1.29, 1.82) is 0 Å². The first kappa shape index (κ1) is 19.8. The summed E-state index contributed by atoms with van der Waals surface area (Å²) in [5, 5.41) is 3.02. The second-order valence-corrected chi connectivity index (χ2v) is 7.31. The van der Waals surface area contributed by atoms with Gasteiger partial charge in [0.05, 0.1) is 25.3 Å². The number of carbonyl (C=O) groups is 3. The van der Waals surface area contributed by atoms with Crippen molar-refractivity contribution >= 4 is 34.3 Å². The van der Waals surface area contributed by atoms with Crippen molar-refractivity contribution in [3.63, 3.8) is 0 Å². The lowest BCUT2D eigenvalue weighted by Gasteiger charge is -2.09. The zero-order valence-electron chi connectivity index (χ0n) is 15.9. The summed E-state index contributed by atoms with van der Waals surface area (Å²) < 4.78 is 10.3. The molecule has 28 heavy (non-hydrogen) atoms. The fraction of sp³-hybridized carbons (Fsp3) is 0.368. The maximum atomic E-state index is 12.5. The van der Waals surface area contributed by atoms with E-state index in [0.717, 1.165) is 11.3 Å². The maximum Gasteiger partial charge on any atom is 0.350 e. The Morgan fingerprint density at radius 2 is 2.04 bits per heavy atom. The van der Waals surface area contributed by atoms with Crippen LogP contribution in [0.1, 0.15) is 23.0 Å². The van der Waals surface area contributed by atoms with E-state index < -0.39 is 11.9 Å². The summed E-state index contributed by atoms with van der Waals surface area (Å²) in [6.07, 6.45) is 0.170. The van der Waals surface area contributed by atoms with E-state index in [4.69, 9.17) is 9.47 Å². The van der Waals surface area contributed by atoms with Gasteiger partial charge in [-0.3, -0.25) is 9.59 Å². The van der Waals surface area contributed by atoms with E-state index in [0.29, 0.717) is 33.6 Å². The van der Waals surface area contributed by atoms with Crippen LogP contribution in [-0.4, -0.2) is 55.0 Å². The molecule has 148 valence electrons. The van der Waals surface area contributed by atoms with E-state index in [1.807, 2.05) is 0 Å². The first-order valence-electron chi connectivity index (χ1n) is 8.80. The average Bonchev–Trinajstić information content (AvgIpc) is 3.25. The second kappa shape index (κ2) is 8.39. The number of likely N-dealkylation sites (tertiary alicyclic amines) is 1. The molecular weight excluding hydrogens is 382 g/mol. The quantitative estimate of drug-likeness (QED) is 0.744. The molecule has 2 amide bonds. The Balaban J connectivity index is 1.87. The summed E-state index contributed by atoms with van der Waals surface area (Å²) in [7, 11) is 3.24. The van der Waals surface area contributed by atoms with Crippen LogP contribution in [0.25, 0.3) is 11.3 Å². The normalized spacial score (nSPS) is 16.2. The first-order chi connectivity index (χ1) is 13.4. The molecule has 2 heterocycles. The van der Waals surface area contributed by atoms with Gasteiger partial charge in [-0.15, -0.1) is 0 Å². The molecule has 3 rings (SSSR count). The van der Waals surface area contributed by atoms with Gasteiger partial charge in [-0.25, -0.2) is 9.78 Å². The number of carbonyl (C=O) groups excluding carboxylic acids is 3. The van der Waals surface area contributed by atoms with Crippen molar-refractivity contribution in [2.75, 3.05) is 32.6 Å². The predicted molar refractivity (Wildman–Crippen MR) is 104 cm³/mol. The number of benzene rings is 1. The van der Waals surface area contributed by atoms with Gasteiger partial charge in [-0.1, -0.05) is 11.3 Å². The zero-order chi connectivity index (χ0) is 20.3. The molecule has 2 aromatic rings. The highest BCUT2D eigenvalue weighted by Gasteiger charge is 2.33. The third-order valence-corrected chi connectivity index (χ3v) is 5.34. The van der Waals surface area contributed by atoms with Crippen molar-refractivity contribution in [3.05, 3.63) is 29.1 Å². The number of amides is 2. The Morgan fingerprint density at radius 3 is 2.61 bits per heavy atom. The summed E-state index contributed by atoms with van der Waals surface area (Å²) in [4.78, 5) is 42.8. The van der Waals surface area contributed by atoms with Crippen molar-refractivity contribution in [1.82, 2.24) is 9.88 Å². The number of hydrogen-bond acceptors (Lipinski definition) is 7. The van der Waals surface area contributed by atoms with Crippen molar-refractivity contribution < 1.29 is 23.9 Å². The van der Waals surface area contributed by atoms with Gasteiger partial charge in [0.25, 0.3) is 0 Å². The van der Waals surface area contributed by atoms with Crippen LogP contribution in [-0.2, 0) is 14.3 Å². The van der Waals surface area contributed by atoms with E-state index >= 15 is 0 Å². The lowest BCUT2D eigenvalue weighted by atomic mass is 10.1. The van der Waals surface area contributed by atoms with Gasteiger partial charge in [0.2, 0.25) is 11.8 Å². The summed E-state index contributed by atoms with van der Waals surface area (Å²) >= 11 is 1.05. The smallest absolute Gasteiger partial charge is 0.350 e. The summed E-state index contributed by atoms with van der Waals surface area (Å²) in [6, 6.07) is 7.10. The topological polar surface area (TPSA) is 97.8 Å². The van der Waals surface area contributed by atoms with Crippen molar-refractivity contribution in [3.8, 4) is 17.0 Å². The molecule has 1 aliphatic heterocycles. The lowest BCUT2D eigenvalue weighted by molar-refractivity contribution is -0.127. The Hall–Kier alpha value is -2.94. The highest BCUT2D eigenvalue weighted by molar-refractivity contribution is 7.18. The molecule has 0 aliphatic carbocycles. The maximum absolute atomic E-state index is 12.5. The molecule has 1 N–H and O–H groups in total. The third kappa shape index (κ3) is 4.14. The molecule has 1 aromatic carbocycles. The number of nitrogens with zero attached hydrogens (tertiary/aromatic N) is 2. The molecule has 1 saturated heterocycles. The van der Waals surface area contributed by atoms with E-state index in [-0.39, 0.29) is 24.8 Å².